The van der Waals surface area contributed by atoms with Crippen LogP contribution in [0.5, 0.6) is 0 Å². The number of halogens is 3. The summed E-state index contributed by atoms with van der Waals surface area (Å²) in [6, 6.07) is 4.79. The molecule has 0 atom stereocenters. The van der Waals surface area contributed by atoms with Crippen molar-refractivity contribution < 1.29 is 27.9 Å². The Kier molecular flexibility index (Phi) is 5.51. The van der Waals surface area contributed by atoms with E-state index in [1.54, 1.807) is 0 Å². The third-order valence-electron chi connectivity index (χ3n) is 4.47. The van der Waals surface area contributed by atoms with Crippen LogP contribution in [0.3, 0.4) is 0 Å². The Morgan fingerprint density at radius 2 is 1.83 bits per heavy atom. The Morgan fingerprint density at radius 1 is 1.17 bits per heavy atom. The van der Waals surface area contributed by atoms with Gasteiger partial charge in [-0.1, -0.05) is 25.0 Å². The molecule has 1 aliphatic carbocycles. The molecule has 0 aliphatic heterocycles. The molecule has 0 radical (unpaired) electrons. The molecule has 1 aromatic rings. The average Bonchev–Trinajstić information content (AvgIpc) is 2.91. The van der Waals surface area contributed by atoms with Gasteiger partial charge in [0.25, 0.3) is 0 Å². The van der Waals surface area contributed by atoms with Gasteiger partial charge in [-0.3, -0.25) is 9.59 Å². The highest BCUT2D eigenvalue weighted by Gasteiger charge is 2.38. The van der Waals surface area contributed by atoms with Gasteiger partial charge in [-0.15, -0.1) is 0 Å². The third kappa shape index (κ3) is 4.97. The Bertz CT molecular complexity index is 607. The summed E-state index contributed by atoms with van der Waals surface area (Å²) in [5.41, 5.74) is -0.923. The number of hydrogen-bond acceptors (Lipinski definition) is 2. The minimum Gasteiger partial charge on any atom is -0.481 e. The van der Waals surface area contributed by atoms with Crippen LogP contribution >= 0.6 is 0 Å². The Morgan fingerprint density at radius 3 is 2.42 bits per heavy atom. The van der Waals surface area contributed by atoms with E-state index in [9.17, 15) is 22.8 Å². The minimum absolute atomic E-state index is 0.00803. The average molecular weight is 343 g/mol. The Hall–Kier alpha value is -2.05. The Labute approximate surface area is 138 Å². The fourth-order valence-corrected chi connectivity index (χ4v) is 3.32. The van der Waals surface area contributed by atoms with E-state index in [-0.39, 0.29) is 25.3 Å². The molecule has 7 heteroatoms. The molecule has 0 heterocycles. The molecule has 4 nitrogen and oxygen atoms in total. The SMILES string of the molecule is O=C(O)CC1(CC(=O)NCc2cccc(C(F)(F)F)c2)CCCC1. The van der Waals surface area contributed by atoms with E-state index in [4.69, 9.17) is 5.11 Å². The predicted octanol–water partition coefficient (Wildman–Crippen LogP) is 3.75. The molecule has 1 amide bonds. The van der Waals surface area contributed by atoms with Crippen LogP contribution < -0.4 is 5.32 Å². The normalized spacial score (nSPS) is 16.8. The van der Waals surface area contributed by atoms with Crippen molar-refractivity contribution in [3.05, 3.63) is 35.4 Å². The summed E-state index contributed by atoms with van der Waals surface area (Å²) in [5, 5.41) is 11.6. The summed E-state index contributed by atoms with van der Waals surface area (Å²) in [6.07, 6.45) is -1.20. The first-order chi connectivity index (χ1) is 11.2. The van der Waals surface area contributed by atoms with E-state index in [0.29, 0.717) is 18.4 Å². The Balaban J connectivity index is 1.94. The van der Waals surface area contributed by atoms with E-state index in [1.165, 1.54) is 12.1 Å². The number of hydrogen-bond donors (Lipinski definition) is 2. The molecule has 1 fully saturated rings. The minimum atomic E-state index is -4.42. The van der Waals surface area contributed by atoms with Crippen molar-refractivity contribution in [2.75, 3.05) is 0 Å². The van der Waals surface area contributed by atoms with Crippen molar-refractivity contribution in [2.24, 2.45) is 5.41 Å². The molecule has 0 bridgehead atoms. The zero-order valence-corrected chi connectivity index (χ0v) is 13.2. The summed E-state index contributed by atoms with van der Waals surface area (Å²) in [6.45, 7) is -0.00803. The number of benzene rings is 1. The zero-order chi connectivity index (χ0) is 17.8. The number of carbonyl (C=O) groups is 2. The van der Waals surface area contributed by atoms with Gasteiger partial charge in [-0.05, 0) is 36.0 Å². The van der Waals surface area contributed by atoms with Crippen LogP contribution in [0.25, 0.3) is 0 Å². The van der Waals surface area contributed by atoms with Crippen molar-refractivity contribution in [2.45, 2.75) is 51.2 Å². The molecular weight excluding hydrogens is 323 g/mol. The number of rotatable bonds is 6. The first-order valence-corrected chi connectivity index (χ1v) is 7.85. The zero-order valence-electron chi connectivity index (χ0n) is 13.2. The first-order valence-electron chi connectivity index (χ1n) is 7.85. The van der Waals surface area contributed by atoms with Gasteiger partial charge in [-0.2, -0.15) is 13.2 Å². The number of amides is 1. The molecule has 1 aromatic carbocycles. The van der Waals surface area contributed by atoms with Crippen molar-refractivity contribution in [3.63, 3.8) is 0 Å². The van der Waals surface area contributed by atoms with E-state index >= 15 is 0 Å². The summed E-state index contributed by atoms with van der Waals surface area (Å²) in [5.74, 6) is -1.25. The van der Waals surface area contributed by atoms with E-state index < -0.39 is 23.1 Å². The number of alkyl halides is 3. The van der Waals surface area contributed by atoms with Crippen molar-refractivity contribution in [1.29, 1.82) is 0 Å². The fraction of sp³-hybridized carbons (Fsp3) is 0.529. The number of aliphatic carboxylic acids is 1. The van der Waals surface area contributed by atoms with E-state index in [1.807, 2.05) is 0 Å². The van der Waals surface area contributed by atoms with Gasteiger partial charge in [0.15, 0.2) is 0 Å². The fourth-order valence-electron chi connectivity index (χ4n) is 3.32. The van der Waals surface area contributed by atoms with Crippen molar-refractivity contribution in [3.8, 4) is 0 Å². The second-order valence-electron chi connectivity index (χ2n) is 6.43. The molecule has 0 saturated heterocycles. The van der Waals surface area contributed by atoms with E-state index in [2.05, 4.69) is 5.32 Å². The lowest BCUT2D eigenvalue weighted by molar-refractivity contribution is -0.140. The lowest BCUT2D eigenvalue weighted by atomic mass is 9.79. The van der Waals surface area contributed by atoms with Crippen LogP contribution in [0.4, 0.5) is 13.2 Å². The number of carboxylic acids is 1. The van der Waals surface area contributed by atoms with Crippen molar-refractivity contribution >= 4 is 11.9 Å². The highest BCUT2D eigenvalue weighted by atomic mass is 19.4. The number of carboxylic acid groups (broad SMARTS) is 1. The van der Waals surface area contributed by atoms with Crippen LogP contribution in [0, 0.1) is 5.41 Å². The van der Waals surface area contributed by atoms with Crippen LogP contribution in [0.2, 0.25) is 0 Å². The van der Waals surface area contributed by atoms with Gasteiger partial charge in [-0.25, -0.2) is 0 Å². The molecule has 1 aliphatic rings. The maximum absolute atomic E-state index is 12.7. The maximum atomic E-state index is 12.7. The van der Waals surface area contributed by atoms with E-state index in [0.717, 1.165) is 25.0 Å². The molecule has 24 heavy (non-hydrogen) atoms. The van der Waals surface area contributed by atoms with Gasteiger partial charge in [0.05, 0.1) is 12.0 Å². The summed E-state index contributed by atoms with van der Waals surface area (Å²) >= 11 is 0. The van der Waals surface area contributed by atoms with Gasteiger partial charge < -0.3 is 10.4 Å². The monoisotopic (exact) mass is 343 g/mol. The summed E-state index contributed by atoms with van der Waals surface area (Å²) < 4.78 is 38.0. The van der Waals surface area contributed by atoms with Crippen LogP contribution in [0.1, 0.15) is 49.7 Å². The van der Waals surface area contributed by atoms with Gasteiger partial charge in [0, 0.05) is 13.0 Å². The summed E-state index contributed by atoms with van der Waals surface area (Å²) in [7, 11) is 0. The molecule has 2 N–H and O–H groups in total. The van der Waals surface area contributed by atoms with Crippen LogP contribution in [-0.2, 0) is 22.3 Å². The van der Waals surface area contributed by atoms with Crippen LogP contribution in [-0.4, -0.2) is 17.0 Å². The topological polar surface area (TPSA) is 66.4 Å². The standard InChI is InChI=1S/C17H20F3NO3/c18-17(19,20)13-5-3-4-12(8-13)11-21-14(22)9-16(10-15(23)24)6-1-2-7-16/h3-5,8H,1-2,6-7,9-11H2,(H,21,22)(H,23,24). The molecular formula is C17H20F3NO3. The predicted molar refractivity (Wildman–Crippen MR) is 81.1 cm³/mol. The second-order valence-corrected chi connectivity index (χ2v) is 6.43. The number of nitrogens with one attached hydrogen (secondary N) is 1. The molecule has 0 aromatic heterocycles. The highest BCUT2D eigenvalue weighted by molar-refractivity contribution is 5.78. The first kappa shape index (κ1) is 18.3. The lowest BCUT2D eigenvalue weighted by Crippen LogP contribution is -2.31. The van der Waals surface area contributed by atoms with Gasteiger partial charge in [0.2, 0.25) is 5.91 Å². The smallest absolute Gasteiger partial charge is 0.416 e. The van der Waals surface area contributed by atoms with Crippen molar-refractivity contribution in [1.82, 2.24) is 5.32 Å². The molecule has 0 spiro atoms. The second kappa shape index (κ2) is 7.23. The number of carbonyl (C=O) groups excluding carboxylic acids is 1. The molecule has 0 unspecified atom stereocenters. The molecule has 1 saturated carbocycles. The third-order valence-corrected chi connectivity index (χ3v) is 4.47. The lowest BCUT2D eigenvalue weighted by Gasteiger charge is -2.26. The molecule has 132 valence electrons. The summed E-state index contributed by atoms with van der Waals surface area (Å²) in [4.78, 5) is 23.1. The van der Waals surface area contributed by atoms with Gasteiger partial charge in [0.1, 0.15) is 0 Å². The quantitative estimate of drug-likeness (QED) is 0.827. The maximum Gasteiger partial charge on any atom is 0.416 e. The highest BCUT2D eigenvalue weighted by Crippen LogP contribution is 2.44. The van der Waals surface area contributed by atoms with Crippen LogP contribution in [0.15, 0.2) is 24.3 Å². The largest absolute Gasteiger partial charge is 0.481 e. The van der Waals surface area contributed by atoms with Gasteiger partial charge >= 0.3 is 12.1 Å². The molecule has 2 rings (SSSR count).